The highest BCUT2D eigenvalue weighted by atomic mass is 16.5. The summed E-state index contributed by atoms with van der Waals surface area (Å²) >= 11 is 0. The van der Waals surface area contributed by atoms with E-state index >= 15 is 0 Å². The summed E-state index contributed by atoms with van der Waals surface area (Å²) in [6.45, 7) is 0.862. The third kappa shape index (κ3) is 4.13. The molecule has 1 unspecified atom stereocenters. The minimum Gasteiger partial charge on any atom is -0.378 e. The molecule has 1 aromatic rings. The minimum absolute atomic E-state index is 0.252. The second-order valence-corrected chi connectivity index (χ2v) is 6.35. The summed E-state index contributed by atoms with van der Waals surface area (Å²) in [6, 6.07) is 0. The summed E-state index contributed by atoms with van der Waals surface area (Å²) in [4.78, 5) is 13.4. The Morgan fingerprint density at radius 3 is 2.38 bits per heavy atom. The summed E-state index contributed by atoms with van der Waals surface area (Å²) in [6.07, 6.45) is 12.1. The van der Waals surface area contributed by atoms with Gasteiger partial charge in [-0.2, -0.15) is 9.97 Å². The number of ether oxygens (including phenoxy) is 1. The molecule has 2 heterocycles. The Balaban J connectivity index is 1.72. The van der Waals surface area contributed by atoms with E-state index in [0.717, 1.165) is 31.1 Å². The van der Waals surface area contributed by atoms with E-state index in [2.05, 4.69) is 9.97 Å². The largest absolute Gasteiger partial charge is 0.378 e. The topological polar surface area (TPSA) is 73.9 Å². The summed E-state index contributed by atoms with van der Waals surface area (Å²) in [5, 5.41) is 0. The van der Waals surface area contributed by atoms with Crippen LogP contribution in [0.2, 0.25) is 0 Å². The molecule has 0 spiro atoms. The Hall–Kier alpha value is -1.23. The molecule has 5 nitrogen and oxygen atoms in total. The van der Waals surface area contributed by atoms with Crippen LogP contribution < -0.4 is 5.73 Å². The van der Waals surface area contributed by atoms with E-state index in [1.165, 1.54) is 51.4 Å². The molecule has 5 heteroatoms. The monoisotopic (exact) mass is 290 g/mol. The smallest absolute Gasteiger partial charge is 0.223 e. The summed E-state index contributed by atoms with van der Waals surface area (Å²) in [7, 11) is 0. The number of nitrogens with two attached hydrogens (primary N) is 1. The van der Waals surface area contributed by atoms with Gasteiger partial charge in [0.15, 0.2) is 0 Å². The van der Waals surface area contributed by atoms with Gasteiger partial charge in [0, 0.05) is 18.9 Å². The zero-order valence-electron chi connectivity index (χ0n) is 12.8. The molecule has 21 heavy (non-hydrogen) atoms. The average molecular weight is 290 g/mol. The predicted molar refractivity (Wildman–Crippen MR) is 82.0 cm³/mol. The van der Waals surface area contributed by atoms with Gasteiger partial charge in [-0.15, -0.1) is 0 Å². The van der Waals surface area contributed by atoms with Crippen LogP contribution >= 0.6 is 0 Å². The van der Waals surface area contributed by atoms with Crippen LogP contribution in [0.25, 0.3) is 0 Å². The van der Waals surface area contributed by atoms with Crippen molar-refractivity contribution in [2.24, 2.45) is 0 Å². The van der Waals surface area contributed by atoms with Gasteiger partial charge in [0.05, 0.1) is 6.10 Å². The molecule has 1 saturated heterocycles. The lowest BCUT2D eigenvalue weighted by Crippen LogP contribution is -2.23. The maximum Gasteiger partial charge on any atom is 0.223 e. The molecule has 116 valence electrons. The highest BCUT2D eigenvalue weighted by Gasteiger charge is 2.21. The molecular formula is C16H26N4O. The third-order valence-electron chi connectivity index (χ3n) is 4.62. The van der Waals surface area contributed by atoms with Gasteiger partial charge in [0.1, 0.15) is 11.6 Å². The van der Waals surface area contributed by atoms with Gasteiger partial charge in [-0.3, -0.25) is 0 Å². The number of anilines is 1. The van der Waals surface area contributed by atoms with E-state index in [9.17, 15) is 0 Å². The van der Waals surface area contributed by atoms with Crippen LogP contribution in [0.1, 0.15) is 75.4 Å². The zero-order valence-corrected chi connectivity index (χ0v) is 12.8. The van der Waals surface area contributed by atoms with Crippen LogP contribution in [0, 0.1) is 0 Å². The van der Waals surface area contributed by atoms with Gasteiger partial charge in [-0.1, -0.05) is 25.7 Å². The first-order chi connectivity index (χ1) is 10.3. The van der Waals surface area contributed by atoms with Crippen LogP contribution in [-0.4, -0.2) is 27.7 Å². The van der Waals surface area contributed by atoms with E-state index in [0.29, 0.717) is 11.9 Å². The Bertz CT molecular complexity index is 452. The first kappa shape index (κ1) is 14.7. The van der Waals surface area contributed by atoms with Gasteiger partial charge < -0.3 is 10.5 Å². The third-order valence-corrected chi connectivity index (χ3v) is 4.62. The van der Waals surface area contributed by atoms with Crippen molar-refractivity contribution >= 4 is 5.95 Å². The zero-order chi connectivity index (χ0) is 14.5. The van der Waals surface area contributed by atoms with Crippen molar-refractivity contribution in [3.8, 4) is 0 Å². The summed E-state index contributed by atoms with van der Waals surface area (Å²) in [5.41, 5.74) is 5.91. The van der Waals surface area contributed by atoms with Gasteiger partial charge in [0.2, 0.25) is 5.95 Å². The molecule has 2 aliphatic rings. The maximum absolute atomic E-state index is 5.91. The van der Waals surface area contributed by atoms with Crippen LogP contribution in [0.15, 0.2) is 0 Å². The normalized spacial score (nSPS) is 24.7. The quantitative estimate of drug-likeness (QED) is 0.866. The van der Waals surface area contributed by atoms with Crippen LogP contribution in [-0.2, 0) is 11.2 Å². The lowest BCUT2D eigenvalue weighted by Gasteiger charge is -2.22. The van der Waals surface area contributed by atoms with Crippen molar-refractivity contribution in [3.63, 3.8) is 0 Å². The average Bonchev–Trinajstić information content (AvgIpc) is 2.77. The summed E-state index contributed by atoms with van der Waals surface area (Å²) in [5.74, 6) is 2.56. The molecule has 0 radical (unpaired) electrons. The first-order valence-electron chi connectivity index (χ1n) is 8.43. The van der Waals surface area contributed by atoms with Crippen LogP contribution in [0.5, 0.6) is 0 Å². The fourth-order valence-corrected chi connectivity index (χ4v) is 3.44. The highest BCUT2D eigenvalue weighted by Crippen LogP contribution is 2.30. The van der Waals surface area contributed by atoms with Crippen LogP contribution in [0.3, 0.4) is 0 Å². The molecule has 2 N–H and O–H groups in total. The van der Waals surface area contributed by atoms with Crippen molar-refractivity contribution in [1.82, 2.24) is 15.0 Å². The Morgan fingerprint density at radius 2 is 1.67 bits per heavy atom. The number of hydrogen-bond donors (Lipinski definition) is 1. The van der Waals surface area contributed by atoms with Gasteiger partial charge in [0.25, 0.3) is 0 Å². The second-order valence-electron chi connectivity index (χ2n) is 6.35. The van der Waals surface area contributed by atoms with E-state index in [4.69, 9.17) is 15.5 Å². The lowest BCUT2D eigenvalue weighted by atomic mass is 9.99. The fourth-order valence-electron chi connectivity index (χ4n) is 3.44. The van der Waals surface area contributed by atoms with Crippen LogP contribution in [0.4, 0.5) is 5.95 Å². The molecule has 1 atom stereocenters. The summed E-state index contributed by atoms with van der Waals surface area (Å²) < 4.78 is 5.79. The Morgan fingerprint density at radius 1 is 0.905 bits per heavy atom. The maximum atomic E-state index is 5.91. The van der Waals surface area contributed by atoms with E-state index in [-0.39, 0.29) is 6.10 Å². The molecule has 1 aromatic heterocycles. The highest BCUT2D eigenvalue weighted by molar-refractivity contribution is 5.18. The SMILES string of the molecule is Nc1nc(CC2CCCCO2)nc(C2CCCCCC2)n1. The van der Waals surface area contributed by atoms with Crippen molar-refractivity contribution in [2.45, 2.75) is 76.2 Å². The van der Waals surface area contributed by atoms with Crippen molar-refractivity contribution in [1.29, 1.82) is 0 Å². The molecule has 3 rings (SSSR count). The van der Waals surface area contributed by atoms with Gasteiger partial charge in [-0.05, 0) is 32.1 Å². The van der Waals surface area contributed by atoms with E-state index < -0.39 is 0 Å². The van der Waals surface area contributed by atoms with Crippen molar-refractivity contribution in [3.05, 3.63) is 11.6 Å². The predicted octanol–water partition coefficient (Wildman–Crippen LogP) is 3.00. The van der Waals surface area contributed by atoms with Crippen molar-refractivity contribution in [2.75, 3.05) is 12.3 Å². The molecule has 0 amide bonds. The Kier molecular flexibility index (Phi) is 5.01. The molecule has 2 fully saturated rings. The van der Waals surface area contributed by atoms with Crippen molar-refractivity contribution < 1.29 is 4.74 Å². The first-order valence-corrected chi connectivity index (χ1v) is 8.43. The van der Waals surface area contributed by atoms with E-state index in [1.54, 1.807) is 0 Å². The second kappa shape index (κ2) is 7.16. The number of rotatable bonds is 3. The van der Waals surface area contributed by atoms with Gasteiger partial charge >= 0.3 is 0 Å². The molecule has 0 aromatic carbocycles. The molecule has 1 saturated carbocycles. The number of nitrogen functional groups attached to an aromatic ring is 1. The molecular weight excluding hydrogens is 264 g/mol. The molecule has 0 bridgehead atoms. The van der Waals surface area contributed by atoms with Gasteiger partial charge in [-0.25, -0.2) is 4.98 Å². The van der Waals surface area contributed by atoms with E-state index in [1.807, 2.05) is 0 Å². The number of aromatic nitrogens is 3. The molecule has 1 aliphatic heterocycles. The molecule has 1 aliphatic carbocycles. The number of nitrogens with zero attached hydrogens (tertiary/aromatic N) is 3. The number of hydrogen-bond acceptors (Lipinski definition) is 5. The minimum atomic E-state index is 0.252. The fraction of sp³-hybridized carbons (Fsp3) is 0.812. The lowest BCUT2D eigenvalue weighted by molar-refractivity contribution is 0.0156. The standard InChI is InChI=1S/C16H26N4O/c17-16-19-14(11-13-9-5-6-10-21-13)18-15(20-16)12-7-3-1-2-4-8-12/h12-13H,1-11H2,(H2,17,18,19,20). The Labute approximate surface area is 126 Å².